The van der Waals surface area contributed by atoms with E-state index in [4.69, 9.17) is 18.5 Å². The van der Waals surface area contributed by atoms with Crippen LogP contribution < -0.4 is 0 Å². The Morgan fingerprint density at radius 1 is 0.549 bits per heavy atom. The van der Waals surface area contributed by atoms with Crippen LogP contribution in [-0.2, 0) is 41.8 Å². The zero-order valence-corrected chi connectivity index (χ0v) is 43.4. The molecule has 1 aliphatic carbocycles. The summed E-state index contributed by atoms with van der Waals surface area (Å²) < 4.78 is 49.3. The van der Waals surface area contributed by atoms with E-state index in [0.717, 1.165) is 64.2 Å². The second-order valence-electron chi connectivity index (χ2n) is 17.2. The molecule has 0 amide bonds. The lowest BCUT2D eigenvalue weighted by molar-refractivity contribution is -0.216. The van der Waals surface area contributed by atoms with Gasteiger partial charge in [0.05, 0.1) is 18.8 Å². The molecule has 0 radical (unpaired) electrons. The lowest BCUT2D eigenvalue weighted by Crippen LogP contribution is -2.64. The standard InChI is InChI=1S/C51H84O18P2/c1-3-5-7-8-9-10-11-12-13-14-15-16-17-18-22-25-31-38-45(55)67-43(40-66-71(63,64)69-51-48(58)46(56)47(57)50(49(51)59)68-70(60,61)62)39-65-44(54)37-32-26-30-36-42(53)35-29-24-21-19-20-23-28-34-41(52)33-27-6-4-2/h6,9-10,12-13,20-21,23-24,27-30,34-36,41-43,46-53,56-59H,3-5,7-8,11,14-19,22,25-26,31-33,37-40H2,1-2H3,(H,63,64)(H2,60,61,62)/b10-9-,13-12-,23-20-,24-21-,27-6-,34-28+,35-29+,36-30-/t41-,42-,43-,46?,47?,48?,49?,50-,51+/m1/s1. The smallest absolute Gasteiger partial charge is 0.462 e. The molecule has 10 atom stereocenters. The van der Waals surface area contributed by atoms with Crippen molar-refractivity contribution in [2.24, 2.45) is 0 Å². The minimum absolute atomic E-state index is 0.0136. The first kappa shape index (κ1) is 65.9. The zero-order valence-electron chi connectivity index (χ0n) is 41.6. The number of esters is 2. The molecule has 1 aliphatic rings. The average molecular weight is 1050 g/mol. The van der Waals surface area contributed by atoms with Crippen molar-refractivity contribution in [3.63, 3.8) is 0 Å². The number of unbranched alkanes of at least 4 members (excludes halogenated alkanes) is 11. The molecule has 0 heterocycles. The monoisotopic (exact) mass is 1050 g/mol. The van der Waals surface area contributed by atoms with Crippen molar-refractivity contribution in [1.29, 1.82) is 0 Å². The van der Waals surface area contributed by atoms with E-state index < -0.39 is 95.7 Å². The Labute approximate surface area is 421 Å². The number of aliphatic hydroxyl groups is 6. The van der Waals surface area contributed by atoms with Gasteiger partial charge in [-0.25, -0.2) is 9.13 Å². The molecule has 18 nitrogen and oxygen atoms in total. The third kappa shape index (κ3) is 34.8. The van der Waals surface area contributed by atoms with Gasteiger partial charge < -0.3 is 54.8 Å². The molecule has 5 unspecified atom stereocenters. The van der Waals surface area contributed by atoms with E-state index in [-0.39, 0.29) is 12.8 Å². The Morgan fingerprint density at radius 3 is 1.75 bits per heavy atom. The lowest BCUT2D eigenvalue weighted by atomic mass is 9.85. The Balaban J connectivity index is 2.68. The second-order valence-corrected chi connectivity index (χ2v) is 19.8. The quantitative estimate of drug-likeness (QED) is 0.00926. The third-order valence-electron chi connectivity index (χ3n) is 10.8. The molecule has 1 fully saturated rings. The Bertz CT molecular complexity index is 1770. The Morgan fingerprint density at radius 2 is 1.11 bits per heavy atom. The number of hydrogen-bond acceptors (Lipinski definition) is 15. The fourth-order valence-electron chi connectivity index (χ4n) is 6.91. The summed E-state index contributed by atoms with van der Waals surface area (Å²) in [6, 6.07) is 0. The van der Waals surface area contributed by atoms with Gasteiger partial charge in [-0.3, -0.25) is 23.2 Å². The van der Waals surface area contributed by atoms with E-state index >= 15 is 0 Å². The SMILES string of the molecule is CC/C=C\C[C@@H](O)/C=C/C=C\C/C=C\C=C\[C@@H](O)/C=C\CCCC(=O)OC[C@H](COP(=O)(O)O[C@H]1C(O)C(O)C(O)[C@@H](OP(=O)(O)O)C1O)OC(=O)CCCCCCCCC/C=C\C/C=C\CCCCC. The second kappa shape index (κ2) is 40.3. The summed E-state index contributed by atoms with van der Waals surface area (Å²) in [4.78, 5) is 54.4. The average Bonchev–Trinajstić information content (AvgIpc) is 3.32. The summed E-state index contributed by atoms with van der Waals surface area (Å²) in [6.45, 7) is 2.73. The maximum Gasteiger partial charge on any atom is 0.472 e. The highest BCUT2D eigenvalue weighted by molar-refractivity contribution is 7.47. The highest BCUT2D eigenvalue weighted by atomic mass is 31.2. The van der Waals surface area contributed by atoms with Gasteiger partial charge in [0.2, 0.25) is 0 Å². The number of aliphatic hydroxyl groups excluding tert-OH is 6. The van der Waals surface area contributed by atoms with E-state index in [0.29, 0.717) is 32.1 Å². The first-order valence-corrected chi connectivity index (χ1v) is 28.0. The Kier molecular flexibility index (Phi) is 37.3. The molecule has 20 heteroatoms. The van der Waals surface area contributed by atoms with E-state index in [9.17, 15) is 64.0 Å². The van der Waals surface area contributed by atoms with Gasteiger partial charge in [0, 0.05) is 12.8 Å². The maximum atomic E-state index is 13.0. The van der Waals surface area contributed by atoms with Crippen LogP contribution in [0, 0.1) is 0 Å². The van der Waals surface area contributed by atoms with Gasteiger partial charge in [-0.1, -0.05) is 156 Å². The first-order valence-electron chi connectivity index (χ1n) is 25.0. The van der Waals surface area contributed by atoms with Crippen LogP contribution in [-0.4, -0.2) is 125 Å². The molecule has 406 valence electrons. The summed E-state index contributed by atoms with van der Waals surface area (Å²) >= 11 is 0. The van der Waals surface area contributed by atoms with Gasteiger partial charge in [-0.05, 0) is 70.6 Å². The molecule has 0 spiro atoms. The summed E-state index contributed by atoms with van der Waals surface area (Å²) in [5, 5.41) is 61.4. The topological polar surface area (TPSA) is 296 Å². The highest BCUT2D eigenvalue weighted by Gasteiger charge is 2.54. The molecule has 0 aromatic heterocycles. The molecule has 71 heavy (non-hydrogen) atoms. The van der Waals surface area contributed by atoms with Crippen molar-refractivity contribution in [3.8, 4) is 0 Å². The van der Waals surface area contributed by atoms with Gasteiger partial charge in [-0.15, -0.1) is 0 Å². The van der Waals surface area contributed by atoms with E-state index in [2.05, 4.69) is 35.8 Å². The molecule has 0 aliphatic heterocycles. The molecular formula is C51H84O18P2. The van der Waals surface area contributed by atoms with Crippen molar-refractivity contribution in [1.82, 2.24) is 0 Å². The maximum absolute atomic E-state index is 13.0. The molecule has 0 aromatic rings. The fraction of sp³-hybridized carbons (Fsp3) is 0.647. The summed E-state index contributed by atoms with van der Waals surface area (Å²) in [5.74, 6) is -1.41. The van der Waals surface area contributed by atoms with Crippen molar-refractivity contribution in [2.45, 2.75) is 197 Å². The first-order chi connectivity index (χ1) is 33.9. The molecule has 9 N–H and O–H groups in total. The van der Waals surface area contributed by atoms with Crippen molar-refractivity contribution in [3.05, 3.63) is 97.2 Å². The molecule has 0 saturated heterocycles. The van der Waals surface area contributed by atoms with Gasteiger partial charge in [-0.2, -0.15) is 0 Å². The van der Waals surface area contributed by atoms with E-state index in [1.54, 1.807) is 42.5 Å². The van der Waals surface area contributed by atoms with Crippen molar-refractivity contribution < 1.29 is 87.1 Å². The number of rotatable bonds is 40. The molecule has 1 rings (SSSR count). The number of ether oxygens (including phenoxy) is 2. The summed E-state index contributed by atoms with van der Waals surface area (Å²) in [5.41, 5.74) is 0. The van der Waals surface area contributed by atoms with E-state index in [1.807, 2.05) is 37.3 Å². The van der Waals surface area contributed by atoms with E-state index in [1.165, 1.54) is 19.3 Å². The minimum Gasteiger partial charge on any atom is -0.462 e. The van der Waals surface area contributed by atoms with Crippen LogP contribution in [0.5, 0.6) is 0 Å². The number of phosphoric acid groups is 2. The van der Waals surface area contributed by atoms with Crippen molar-refractivity contribution >= 4 is 27.6 Å². The van der Waals surface area contributed by atoms with Crippen molar-refractivity contribution in [2.75, 3.05) is 13.2 Å². The minimum atomic E-state index is -5.39. The third-order valence-corrected chi connectivity index (χ3v) is 12.3. The van der Waals surface area contributed by atoms with Crippen LogP contribution in [0.4, 0.5) is 0 Å². The number of carbonyl (C=O) groups is 2. The van der Waals surface area contributed by atoms with Gasteiger partial charge in [0.1, 0.15) is 43.2 Å². The van der Waals surface area contributed by atoms with Crippen LogP contribution in [0.25, 0.3) is 0 Å². The van der Waals surface area contributed by atoms with Crippen LogP contribution in [0.2, 0.25) is 0 Å². The number of hydrogen-bond donors (Lipinski definition) is 9. The predicted octanol–water partition coefficient (Wildman–Crippen LogP) is 7.89. The fourth-order valence-corrected chi connectivity index (χ4v) is 8.45. The van der Waals surface area contributed by atoms with Gasteiger partial charge in [0.25, 0.3) is 0 Å². The molecule has 1 saturated carbocycles. The summed E-state index contributed by atoms with van der Waals surface area (Å²) in [6.07, 6.45) is 29.9. The molecule has 0 aromatic carbocycles. The highest BCUT2D eigenvalue weighted by Crippen LogP contribution is 2.49. The van der Waals surface area contributed by atoms with Crippen LogP contribution in [0.15, 0.2) is 97.2 Å². The van der Waals surface area contributed by atoms with Crippen LogP contribution in [0.3, 0.4) is 0 Å². The van der Waals surface area contributed by atoms with Crippen LogP contribution >= 0.6 is 15.6 Å². The lowest BCUT2D eigenvalue weighted by Gasteiger charge is -2.43. The zero-order chi connectivity index (χ0) is 52.8. The molecular weight excluding hydrogens is 962 g/mol. The number of phosphoric ester groups is 2. The molecule has 0 bridgehead atoms. The van der Waals surface area contributed by atoms with Gasteiger partial charge >= 0.3 is 27.6 Å². The largest absolute Gasteiger partial charge is 0.472 e. The number of carbonyl (C=O) groups excluding carboxylic acids is 2. The Hall–Kier alpha value is -3.16. The summed E-state index contributed by atoms with van der Waals surface area (Å²) in [7, 11) is -10.8. The normalized spacial score (nSPS) is 22.6. The predicted molar refractivity (Wildman–Crippen MR) is 271 cm³/mol. The van der Waals surface area contributed by atoms with Gasteiger partial charge in [0.15, 0.2) is 6.10 Å². The van der Waals surface area contributed by atoms with Crippen LogP contribution in [0.1, 0.15) is 142 Å². The number of allylic oxidation sites excluding steroid dienone is 12.